The summed E-state index contributed by atoms with van der Waals surface area (Å²) in [4.78, 5) is 0. The molecule has 7 heteroatoms. The normalized spacial score (nSPS) is 17.7. The van der Waals surface area contributed by atoms with Gasteiger partial charge in [-0.3, -0.25) is 4.68 Å². The summed E-state index contributed by atoms with van der Waals surface area (Å²) in [5.74, 6) is 0.313. The molecule has 0 unspecified atom stereocenters. The Morgan fingerprint density at radius 3 is 2.67 bits per heavy atom. The lowest BCUT2D eigenvalue weighted by Gasteiger charge is -2.27. The molecule has 5 nitrogen and oxygen atoms in total. The van der Waals surface area contributed by atoms with Gasteiger partial charge in [0.05, 0.1) is 6.20 Å². The number of alkyl halides is 1. The summed E-state index contributed by atoms with van der Waals surface area (Å²) in [6.45, 7) is 0.361. The lowest BCUT2D eigenvalue weighted by molar-refractivity contribution is 0.334. The van der Waals surface area contributed by atoms with Crippen LogP contribution in [0.15, 0.2) is 17.3 Å². The van der Waals surface area contributed by atoms with Crippen LogP contribution >= 0.6 is 11.6 Å². The van der Waals surface area contributed by atoms with Gasteiger partial charge in [0.2, 0.25) is 0 Å². The summed E-state index contributed by atoms with van der Waals surface area (Å²) in [5, 5.41) is 4.17. The van der Waals surface area contributed by atoms with E-state index in [4.69, 9.17) is 11.6 Å². The third kappa shape index (κ3) is 2.55. The molecule has 0 saturated heterocycles. The second kappa shape index (κ2) is 5.59. The molecule has 0 spiro atoms. The van der Waals surface area contributed by atoms with Crippen molar-refractivity contribution in [2.24, 2.45) is 7.05 Å². The number of sulfonamides is 1. The van der Waals surface area contributed by atoms with E-state index in [-0.39, 0.29) is 11.1 Å². The maximum atomic E-state index is 12.6. The molecule has 18 heavy (non-hydrogen) atoms. The van der Waals surface area contributed by atoms with Crippen molar-refractivity contribution in [3.05, 3.63) is 12.3 Å². The van der Waals surface area contributed by atoms with Crippen molar-refractivity contribution in [3.8, 4) is 0 Å². The first-order valence-corrected chi connectivity index (χ1v) is 8.10. The summed E-state index contributed by atoms with van der Waals surface area (Å²) >= 11 is 5.75. The van der Waals surface area contributed by atoms with Gasteiger partial charge in [0.25, 0.3) is 10.0 Å². The summed E-state index contributed by atoms with van der Waals surface area (Å²) in [6, 6.07) is 1.62. The maximum Gasteiger partial charge on any atom is 0.260 e. The molecule has 1 aromatic heterocycles. The Hall–Kier alpha value is -0.590. The van der Waals surface area contributed by atoms with E-state index in [1.165, 1.54) is 16.9 Å². The molecule has 1 aromatic rings. The number of rotatable bonds is 5. The Labute approximate surface area is 113 Å². The van der Waals surface area contributed by atoms with Crippen molar-refractivity contribution in [2.75, 3.05) is 12.4 Å². The first-order chi connectivity index (χ1) is 8.57. The number of hydrogen-bond donors (Lipinski definition) is 0. The highest BCUT2D eigenvalue weighted by Gasteiger charge is 2.34. The minimum atomic E-state index is -3.48. The molecular formula is C11H18ClN3O2S. The van der Waals surface area contributed by atoms with Gasteiger partial charge in [0.1, 0.15) is 0 Å². The van der Waals surface area contributed by atoms with Gasteiger partial charge >= 0.3 is 0 Å². The van der Waals surface area contributed by atoms with Gasteiger partial charge in [-0.25, -0.2) is 8.42 Å². The summed E-state index contributed by atoms with van der Waals surface area (Å²) in [6.07, 6.45) is 5.52. The van der Waals surface area contributed by atoms with Crippen LogP contribution in [0.2, 0.25) is 0 Å². The van der Waals surface area contributed by atoms with Crippen molar-refractivity contribution >= 4 is 21.6 Å². The van der Waals surface area contributed by atoms with Gasteiger partial charge in [-0.05, 0) is 18.9 Å². The fraction of sp³-hybridized carbons (Fsp3) is 0.727. The van der Waals surface area contributed by atoms with E-state index in [0.717, 1.165) is 25.7 Å². The minimum Gasteiger partial charge on any atom is -0.256 e. The van der Waals surface area contributed by atoms with Gasteiger partial charge in [-0.2, -0.15) is 9.40 Å². The van der Waals surface area contributed by atoms with E-state index in [0.29, 0.717) is 12.4 Å². The van der Waals surface area contributed by atoms with Crippen LogP contribution in [0.5, 0.6) is 0 Å². The Balaban J connectivity index is 2.32. The average molecular weight is 292 g/mol. The van der Waals surface area contributed by atoms with Crippen LogP contribution < -0.4 is 0 Å². The zero-order valence-electron chi connectivity index (χ0n) is 10.4. The second-order valence-corrected chi connectivity index (χ2v) is 6.75. The molecule has 1 aliphatic carbocycles. The molecule has 0 bridgehead atoms. The second-order valence-electron chi connectivity index (χ2n) is 4.54. The van der Waals surface area contributed by atoms with Crippen LogP contribution in [-0.4, -0.2) is 41.0 Å². The van der Waals surface area contributed by atoms with Crippen LogP contribution in [0.3, 0.4) is 0 Å². The molecule has 0 aromatic carbocycles. The highest BCUT2D eigenvalue weighted by atomic mass is 35.5. The first kappa shape index (κ1) is 13.8. The molecule has 0 atom stereocenters. The number of halogens is 1. The van der Waals surface area contributed by atoms with Crippen molar-refractivity contribution in [1.29, 1.82) is 0 Å². The highest BCUT2D eigenvalue weighted by molar-refractivity contribution is 7.89. The van der Waals surface area contributed by atoms with E-state index >= 15 is 0 Å². The number of aromatic nitrogens is 2. The molecule has 1 heterocycles. The van der Waals surface area contributed by atoms with Crippen LogP contribution in [0.1, 0.15) is 25.7 Å². The lowest BCUT2D eigenvalue weighted by atomic mass is 10.2. The van der Waals surface area contributed by atoms with Crippen molar-refractivity contribution in [2.45, 2.75) is 36.8 Å². The molecule has 102 valence electrons. The molecule has 1 aliphatic rings. The zero-order valence-corrected chi connectivity index (χ0v) is 12.0. The van der Waals surface area contributed by atoms with Crippen molar-refractivity contribution in [3.63, 3.8) is 0 Å². The van der Waals surface area contributed by atoms with Gasteiger partial charge < -0.3 is 0 Å². The van der Waals surface area contributed by atoms with E-state index in [1.807, 2.05) is 0 Å². The van der Waals surface area contributed by atoms with E-state index < -0.39 is 10.0 Å². The molecule has 0 amide bonds. The zero-order chi connectivity index (χ0) is 13.2. The van der Waals surface area contributed by atoms with E-state index in [1.54, 1.807) is 11.4 Å². The highest BCUT2D eigenvalue weighted by Crippen LogP contribution is 2.28. The number of hydrogen-bond acceptors (Lipinski definition) is 3. The minimum absolute atomic E-state index is 0.0867. The predicted molar refractivity (Wildman–Crippen MR) is 70.1 cm³/mol. The van der Waals surface area contributed by atoms with Crippen LogP contribution in [0.25, 0.3) is 0 Å². The standard InChI is InChI=1S/C11H18ClN3O2S/c1-14-11(6-8-13-14)18(16,17)15(9-7-12)10-4-2-3-5-10/h6,8,10H,2-5,7,9H2,1H3. The van der Waals surface area contributed by atoms with Crippen LogP contribution in [-0.2, 0) is 17.1 Å². The Kier molecular flexibility index (Phi) is 4.29. The van der Waals surface area contributed by atoms with Crippen LogP contribution in [0, 0.1) is 0 Å². The maximum absolute atomic E-state index is 12.6. The van der Waals surface area contributed by atoms with Gasteiger partial charge in [-0.1, -0.05) is 12.8 Å². The topological polar surface area (TPSA) is 55.2 Å². The van der Waals surface area contributed by atoms with Crippen molar-refractivity contribution < 1.29 is 8.42 Å². The van der Waals surface area contributed by atoms with Crippen molar-refractivity contribution in [1.82, 2.24) is 14.1 Å². The van der Waals surface area contributed by atoms with Gasteiger partial charge in [-0.15, -0.1) is 11.6 Å². The Morgan fingerprint density at radius 2 is 2.17 bits per heavy atom. The Bertz CT molecular complexity index is 494. The predicted octanol–water partition coefficient (Wildman–Crippen LogP) is 1.59. The molecular weight excluding hydrogens is 274 g/mol. The smallest absolute Gasteiger partial charge is 0.256 e. The quantitative estimate of drug-likeness (QED) is 0.774. The number of nitrogens with zero attached hydrogens (tertiary/aromatic N) is 3. The fourth-order valence-electron chi connectivity index (χ4n) is 2.51. The van der Waals surface area contributed by atoms with Gasteiger partial charge in [0, 0.05) is 25.5 Å². The monoisotopic (exact) mass is 291 g/mol. The summed E-state index contributed by atoms with van der Waals surface area (Å²) in [5.41, 5.74) is 0. The lowest BCUT2D eigenvalue weighted by Crippen LogP contribution is -2.40. The molecule has 0 N–H and O–H groups in total. The summed E-state index contributed by atoms with van der Waals surface area (Å²) in [7, 11) is -1.85. The molecule has 1 fully saturated rings. The molecule has 0 radical (unpaired) electrons. The first-order valence-electron chi connectivity index (χ1n) is 6.13. The number of aryl methyl sites for hydroxylation is 1. The van der Waals surface area contributed by atoms with E-state index in [9.17, 15) is 8.42 Å². The van der Waals surface area contributed by atoms with E-state index in [2.05, 4.69) is 5.10 Å². The third-order valence-electron chi connectivity index (χ3n) is 3.39. The summed E-state index contributed by atoms with van der Waals surface area (Å²) < 4.78 is 28.1. The van der Waals surface area contributed by atoms with Gasteiger partial charge in [0.15, 0.2) is 5.03 Å². The fourth-order valence-corrected chi connectivity index (χ4v) is 4.58. The third-order valence-corrected chi connectivity index (χ3v) is 5.58. The van der Waals surface area contributed by atoms with Crippen LogP contribution in [0.4, 0.5) is 0 Å². The molecule has 0 aliphatic heterocycles. The SMILES string of the molecule is Cn1nccc1S(=O)(=O)N(CCCl)C1CCCC1. The average Bonchev–Trinajstić information content (AvgIpc) is 2.96. The molecule has 1 saturated carbocycles. The largest absolute Gasteiger partial charge is 0.260 e. The molecule has 2 rings (SSSR count). The Morgan fingerprint density at radius 1 is 1.50 bits per heavy atom.